The number of carbonyl (C=O) groups excluding carboxylic acids is 1. The largest absolute Gasteiger partial charge is 0.348 e. The zero-order valence-electron chi connectivity index (χ0n) is 19.5. The predicted molar refractivity (Wildman–Crippen MR) is 141 cm³/mol. The summed E-state index contributed by atoms with van der Waals surface area (Å²) >= 11 is 1.69. The van der Waals surface area contributed by atoms with Crippen LogP contribution in [0.1, 0.15) is 32.6 Å². The van der Waals surface area contributed by atoms with Gasteiger partial charge in [-0.1, -0.05) is 84.1 Å². The van der Waals surface area contributed by atoms with Crippen molar-refractivity contribution in [1.29, 1.82) is 0 Å². The highest BCUT2D eigenvalue weighted by Gasteiger charge is 2.13. The highest BCUT2D eigenvalue weighted by molar-refractivity contribution is 7.98. The second-order valence-electron chi connectivity index (χ2n) is 8.48. The molecule has 5 rings (SSSR count). The number of imidazole rings is 1. The summed E-state index contributed by atoms with van der Waals surface area (Å²) in [6, 6.07) is 28.3. The van der Waals surface area contributed by atoms with Gasteiger partial charge in [-0.15, -0.1) is 0 Å². The van der Waals surface area contributed by atoms with Crippen LogP contribution in [-0.2, 0) is 18.8 Å². The Morgan fingerprint density at radius 2 is 1.63 bits per heavy atom. The van der Waals surface area contributed by atoms with E-state index in [1.54, 1.807) is 18.0 Å². The van der Waals surface area contributed by atoms with Crippen LogP contribution in [0.4, 0.5) is 0 Å². The quantitative estimate of drug-likeness (QED) is 0.278. The number of benzene rings is 3. The van der Waals surface area contributed by atoms with Crippen LogP contribution in [0.3, 0.4) is 0 Å². The summed E-state index contributed by atoms with van der Waals surface area (Å²) in [5, 5.41) is 3.95. The molecule has 174 valence electrons. The van der Waals surface area contributed by atoms with Gasteiger partial charge in [-0.2, -0.15) is 0 Å². The number of aryl methyl sites for hydroxylation is 1. The van der Waals surface area contributed by atoms with Crippen molar-refractivity contribution in [3.8, 4) is 0 Å². The molecule has 6 heteroatoms. The first-order valence-corrected chi connectivity index (χ1v) is 12.5. The number of fused-ring (bicyclic) bond motifs is 1. The molecule has 0 radical (unpaired) electrons. The Labute approximate surface area is 209 Å². The number of nitrogens with one attached hydrogen (secondary N) is 1. The number of hydrogen-bond donors (Lipinski definition) is 1. The molecule has 2 aromatic heterocycles. The van der Waals surface area contributed by atoms with E-state index in [-0.39, 0.29) is 5.91 Å². The van der Waals surface area contributed by atoms with E-state index in [1.165, 1.54) is 11.1 Å². The number of amides is 1. The molecule has 0 aliphatic carbocycles. The SMILES string of the molecule is Cc1ccc(CNC(=O)c2ccc(CSc3nc4ccncc4n3Cc3ccccc3)cc2)cc1. The van der Waals surface area contributed by atoms with E-state index in [0.717, 1.165) is 39.6 Å². The fourth-order valence-corrected chi connectivity index (χ4v) is 4.84. The minimum atomic E-state index is -0.0677. The topological polar surface area (TPSA) is 59.8 Å². The molecule has 0 saturated heterocycles. The summed E-state index contributed by atoms with van der Waals surface area (Å²) in [5.74, 6) is 0.693. The molecule has 0 fully saturated rings. The van der Waals surface area contributed by atoms with Crippen LogP contribution in [0.5, 0.6) is 0 Å². The lowest BCUT2D eigenvalue weighted by Gasteiger charge is -2.10. The summed E-state index contributed by atoms with van der Waals surface area (Å²) in [4.78, 5) is 21.7. The second-order valence-corrected chi connectivity index (χ2v) is 9.43. The number of rotatable bonds is 8. The van der Waals surface area contributed by atoms with Crippen molar-refractivity contribution in [3.05, 3.63) is 125 Å². The van der Waals surface area contributed by atoms with E-state index in [1.807, 2.05) is 54.7 Å². The Morgan fingerprint density at radius 1 is 0.886 bits per heavy atom. The summed E-state index contributed by atoms with van der Waals surface area (Å²) in [6.45, 7) is 3.31. The van der Waals surface area contributed by atoms with E-state index in [2.05, 4.69) is 58.2 Å². The second kappa shape index (κ2) is 10.6. The first kappa shape index (κ1) is 22.9. The minimum absolute atomic E-state index is 0.0677. The molecule has 0 unspecified atom stereocenters. The minimum Gasteiger partial charge on any atom is -0.348 e. The van der Waals surface area contributed by atoms with E-state index in [4.69, 9.17) is 4.98 Å². The van der Waals surface area contributed by atoms with Crippen molar-refractivity contribution < 1.29 is 4.79 Å². The molecule has 35 heavy (non-hydrogen) atoms. The van der Waals surface area contributed by atoms with Gasteiger partial charge in [0.1, 0.15) is 0 Å². The number of nitrogens with zero attached hydrogens (tertiary/aromatic N) is 3. The fourth-order valence-electron chi connectivity index (χ4n) is 3.87. The van der Waals surface area contributed by atoms with E-state index in [0.29, 0.717) is 12.1 Å². The van der Waals surface area contributed by atoms with Crippen molar-refractivity contribution in [1.82, 2.24) is 19.9 Å². The van der Waals surface area contributed by atoms with Crippen molar-refractivity contribution >= 4 is 28.7 Å². The third kappa shape index (κ3) is 5.61. The Hall–Kier alpha value is -3.90. The van der Waals surface area contributed by atoms with Crippen molar-refractivity contribution in [3.63, 3.8) is 0 Å². The van der Waals surface area contributed by atoms with Gasteiger partial charge < -0.3 is 9.88 Å². The van der Waals surface area contributed by atoms with E-state index in [9.17, 15) is 4.79 Å². The van der Waals surface area contributed by atoms with Crippen LogP contribution in [0.25, 0.3) is 11.0 Å². The van der Waals surface area contributed by atoms with Crippen molar-refractivity contribution in [2.75, 3.05) is 0 Å². The monoisotopic (exact) mass is 478 g/mol. The van der Waals surface area contributed by atoms with E-state index >= 15 is 0 Å². The highest BCUT2D eigenvalue weighted by Crippen LogP contribution is 2.27. The molecule has 0 aliphatic rings. The Kier molecular flexibility index (Phi) is 6.91. The average molecular weight is 479 g/mol. The maximum atomic E-state index is 12.6. The van der Waals surface area contributed by atoms with Gasteiger partial charge in [0.25, 0.3) is 5.91 Å². The van der Waals surface area contributed by atoms with Gasteiger partial charge >= 0.3 is 0 Å². The lowest BCUT2D eigenvalue weighted by Crippen LogP contribution is -2.22. The molecule has 0 aliphatic heterocycles. The zero-order valence-corrected chi connectivity index (χ0v) is 20.3. The summed E-state index contributed by atoms with van der Waals surface area (Å²) < 4.78 is 2.22. The van der Waals surface area contributed by atoms with Crippen LogP contribution in [0.15, 0.2) is 102 Å². The van der Waals surface area contributed by atoms with Crippen LogP contribution < -0.4 is 5.32 Å². The number of thioether (sulfide) groups is 1. The fraction of sp³-hybridized carbons (Fsp3) is 0.138. The van der Waals surface area contributed by atoms with Crippen LogP contribution in [-0.4, -0.2) is 20.4 Å². The number of aromatic nitrogens is 3. The highest BCUT2D eigenvalue weighted by atomic mass is 32.2. The molecule has 0 bridgehead atoms. The van der Waals surface area contributed by atoms with Crippen molar-refractivity contribution in [2.45, 2.75) is 30.9 Å². The molecular formula is C29H26N4OS. The van der Waals surface area contributed by atoms with Gasteiger partial charge in [0.2, 0.25) is 0 Å². The van der Waals surface area contributed by atoms with Crippen LogP contribution in [0, 0.1) is 6.92 Å². The summed E-state index contributed by atoms with van der Waals surface area (Å²) in [5.41, 5.74) is 7.29. The standard InChI is InChI=1S/C29H26N4OS/c1-21-7-9-22(10-8-21)17-31-28(34)25-13-11-24(12-14-25)20-35-29-32-26-15-16-30-18-27(26)33(29)19-23-5-3-2-4-6-23/h2-16,18H,17,19-20H2,1H3,(H,31,34). The number of hydrogen-bond acceptors (Lipinski definition) is 4. The van der Waals surface area contributed by atoms with Gasteiger partial charge in [0, 0.05) is 24.1 Å². The first-order valence-electron chi connectivity index (χ1n) is 11.6. The molecule has 3 aromatic carbocycles. The molecule has 1 amide bonds. The number of carbonyl (C=O) groups is 1. The van der Waals surface area contributed by atoms with Gasteiger partial charge in [-0.3, -0.25) is 9.78 Å². The van der Waals surface area contributed by atoms with Crippen molar-refractivity contribution in [2.24, 2.45) is 0 Å². The zero-order chi connectivity index (χ0) is 24.0. The van der Waals surface area contributed by atoms with Gasteiger partial charge in [-0.25, -0.2) is 4.98 Å². The van der Waals surface area contributed by atoms with Gasteiger partial charge in [0.05, 0.1) is 23.8 Å². The molecule has 2 heterocycles. The molecule has 5 aromatic rings. The third-order valence-corrected chi connectivity index (χ3v) is 6.90. The molecular weight excluding hydrogens is 452 g/mol. The maximum absolute atomic E-state index is 12.6. The average Bonchev–Trinajstić information content (AvgIpc) is 3.25. The molecule has 1 N–H and O–H groups in total. The maximum Gasteiger partial charge on any atom is 0.251 e. The molecule has 5 nitrogen and oxygen atoms in total. The molecule has 0 spiro atoms. The predicted octanol–water partition coefficient (Wildman–Crippen LogP) is 6.01. The van der Waals surface area contributed by atoms with Gasteiger partial charge in [0.15, 0.2) is 5.16 Å². The third-order valence-electron chi connectivity index (χ3n) is 5.86. The van der Waals surface area contributed by atoms with Crippen LogP contribution >= 0.6 is 11.8 Å². The Balaban J connectivity index is 1.25. The number of pyridine rings is 1. The Morgan fingerprint density at radius 3 is 2.40 bits per heavy atom. The lowest BCUT2D eigenvalue weighted by molar-refractivity contribution is 0.0951. The molecule has 0 saturated carbocycles. The van der Waals surface area contributed by atoms with E-state index < -0.39 is 0 Å². The first-order chi connectivity index (χ1) is 17.2. The van der Waals surface area contributed by atoms with Crippen LogP contribution in [0.2, 0.25) is 0 Å². The summed E-state index contributed by atoms with van der Waals surface area (Å²) in [7, 11) is 0. The smallest absolute Gasteiger partial charge is 0.251 e. The van der Waals surface area contributed by atoms with Gasteiger partial charge in [-0.05, 0) is 41.8 Å². The summed E-state index contributed by atoms with van der Waals surface area (Å²) in [6.07, 6.45) is 3.65. The molecule has 0 atom stereocenters. The Bertz CT molecular complexity index is 1430. The lowest BCUT2D eigenvalue weighted by atomic mass is 10.1. The normalized spacial score (nSPS) is 11.0.